The van der Waals surface area contributed by atoms with Gasteiger partial charge in [0.25, 0.3) is 0 Å². The van der Waals surface area contributed by atoms with Gasteiger partial charge in [-0.15, -0.1) is 0 Å². The van der Waals surface area contributed by atoms with Crippen LogP contribution in [0.3, 0.4) is 0 Å². The maximum atomic E-state index is 13.3. The summed E-state index contributed by atoms with van der Waals surface area (Å²) in [6, 6.07) is 2.46. The van der Waals surface area contributed by atoms with Crippen LogP contribution in [-0.2, 0) is 11.0 Å². The number of hydrogen-bond acceptors (Lipinski definition) is 3. The number of phenols is 1. The van der Waals surface area contributed by atoms with Gasteiger partial charge in [-0.2, -0.15) is 0 Å². The van der Waals surface area contributed by atoms with Gasteiger partial charge in [-0.1, -0.05) is 32.4 Å². The van der Waals surface area contributed by atoms with Gasteiger partial charge in [0.05, 0.1) is 5.02 Å². The van der Waals surface area contributed by atoms with E-state index in [-0.39, 0.29) is 15.8 Å². The van der Waals surface area contributed by atoms with Crippen molar-refractivity contribution in [3.8, 4) is 5.75 Å². The third kappa shape index (κ3) is 4.95. The molecule has 0 fully saturated rings. The Morgan fingerprint density at radius 1 is 1.33 bits per heavy atom. The van der Waals surface area contributed by atoms with E-state index in [1.54, 1.807) is 0 Å². The first-order valence-corrected chi connectivity index (χ1v) is 10.4. The van der Waals surface area contributed by atoms with E-state index in [0.717, 1.165) is 6.07 Å². The first-order valence-electron chi connectivity index (χ1n) is 7.07. The van der Waals surface area contributed by atoms with E-state index < -0.39 is 14.1 Å². The normalized spacial score (nSPS) is 12.7. The van der Waals surface area contributed by atoms with Crippen LogP contribution in [0.5, 0.6) is 5.75 Å². The lowest BCUT2D eigenvalue weighted by Gasteiger charge is -2.36. The van der Waals surface area contributed by atoms with Crippen LogP contribution >= 0.6 is 11.6 Å². The lowest BCUT2D eigenvalue weighted by Crippen LogP contribution is -2.42. The summed E-state index contributed by atoms with van der Waals surface area (Å²) >= 11 is 5.84. The maximum absolute atomic E-state index is 13.3. The van der Waals surface area contributed by atoms with Crippen LogP contribution in [0.2, 0.25) is 23.2 Å². The van der Waals surface area contributed by atoms with Crippen LogP contribution in [0.25, 0.3) is 0 Å². The van der Waals surface area contributed by atoms with Crippen LogP contribution in [0.1, 0.15) is 26.3 Å². The summed E-state index contributed by atoms with van der Waals surface area (Å²) in [4.78, 5) is 0. The minimum absolute atomic E-state index is 0.000727. The largest absolute Gasteiger partial charge is 0.508 e. The summed E-state index contributed by atoms with van der Waals surface area (Å²) in [5.41, 5.74) is 0.379. The molecule has 2 N–H and O–H groups in total. The zero-order valence-corrected chi connectivity index (χ0v) is 15.1. The Hall–Kier alpha value is -0.623. The molecule has 0 bridgehead atoms. The smallest absolute Gasteiger partial charge is 0.192 e. The highest BCUT2D eigenvalue weighted by Crippen LogP contribution is 2.36. The van der Waals surface area contributed by atoms with Crippen molar-refractivity contribution in [3.05, 3.63) is 28.5 Å². The van der Waals surface area contributed by atoms with E-state index in [0.29, 0.717) is 25.3 Å². The molecule has 0 atom stereocenters. The van der Waals surface area contributed by atoms with Crippen LogP contribution in [-0.4, -0.2) is 26.6 Å². The molecule has 0 heterocycles. The van der Waals surface area contributed by atoms with Crippen LogP contribution in [0.4, 0.5) is 4.39 Å². The van der Waals surface area contributed by atoms with E-state index in [1.807, 2.05) is 0 Å². The zero-order chi connectivity index (χ0) is 16.3. The summed E-state index contributed by atoms with van der Waals surface area (Å²) in [6.45, 7) is 12.5. The molecule has 0 radical (unpaired) electrons. The monoisotopic (exact) mass is 333 g/mol. The summed E-state index contributed by atoms with van der Waals surface area (Å²) < 4.78 is 19.4. The van der Waals surface area contributed by atoms with Crippen LogP contribution in [0, 0.1) is 5.82 Å². The molecule has 0 saturated heterocycles. The van der Waals surface area contributed by atoms with E-state index in [4.69, 9.17) is 16.0 Å². The van der Waals surface area contributed by atoms with E-state index in [1.165, 1.54) is 6.07 Å². The van der Waals surface area contributed by atoms with Crippen molar-refractivity contribution in [2.45, 2.75) is 45.4 Å². The molecular weight excluding hydrogens is 309 g/mol. The third-order valence-electron chi connectivity index (χ3n) is 4.02. The molecule has 3 nitrogen and oxygen atoms in total. The van der Waals surface area contributed by atoms with E-state index in [2.05, 4.69) is 39.2 Å². The molecule has 0 amide bonds. The molecule has 6 heteroatoms. The lowest BCUT2D eigenvalue weighted by atomic mass is 10.2. The molecule has 21 heavy (non-hydrogen) atoms. The summed E-state index contributed by atoms with van der Waals surface area (Å²) in [5, 5.41) is 13.0. The molecule has 1 aromatic carbocycles. The number of nitrogens with one attached hydrogen (secondary N) is 1. The average molecular weight is 334 g/mol. The van der Waals surface area contributed by atoms with E-state index >= 15 is 0 Å². The number of benzene rings is 1. The van der Waals surface area contributed by atoms with Gasteiger partial charge in [0.1, 0.15) is 11.6 Å². The minimum Gasteiger partial charge on any atom is -0.508 e. The van der Waals surface area contributed by atoms with Crippen molar-refractivity contribution in [1.82, 2.24) is 5.32 Å². The molecular formula is C15H25ClFNO2Si. The van der Waals surface area contributed by atoms with E-state index in [9.17, 15) is 9.50 Å². The van der Waals surface area contributed by atoms with Crippen molar-refractivity contribution in [2.24, 2.45) is 0 Å². The molecule has 0 aliphatic carbocycles. The van der Waals surface area contributed by atoms with Crippen molar-refractivity contribution in [1.29, 1.82) is 0 Å². The molecule has 1 aromatic rings. The average Bonchev–Trinajstić information content (AvgIpc) is 2.36. The standard InChI is InChI=1S/C15H25ClFNO2Si/c1-15(2,3)21(4,5)20-9-8-18-10-11-13(19)7-6-12(17)14(11)16/h6-7,18-19H,8-10H2,1-5H3. The molecule has 120 valence electrons. The Labute approximate surface area is 132 Å². The lowest BCUT2D eigenvalue weighted by molar-refractivity contribution is 0.285. The number of hydrogen-bond donors (Lipinski definition) is 2. The van der Waals surface area contributed by atoms with Gasteiger partial charge in [-0.3, -0.25) is 0 Å². The zero-order valence-electron chi connectivity index (χ0n) is 13.4. The summed E-state index contributed by atoms with van der Waals surface area (Å²) in [6.07, 6.45) is 0. The highest BCUT2D eigenvalue weighted by atomic mass is 35.5. The van der Waals surface area contributed by atoms with Gasteiger partial charge in [0.15, 0.2) is 8.32 Å². The Bertz CT molecular complexity index is 489. The summed E-state index contributed by atoms with van der Waals surface area (Å²) in [7, 11) is -1.74. The second kappa shape index (κ2) is 7.09. The second-order valence-corrected chi connectivity index (χ2v) is 11.8. The third-order valence-corrected chi connectivity index (χ3v) is 8.97. The second-order valence-electron chi connectivity index (χ2n) is 6.64. The van der Waals surface area contributed by atoms with Gasteiger partial charge >= 0.3 is 0 Å². The van der Waals surface area contributed by atoms with Crippen LogP contribution in [0.15, 0.2) is 12.1 Å². The molecule has 0 spiro atoms. The van der Waals surface area contributed by atoms with Gasteiger partial charge in [-0.25, -0.2) is 4.39 Å². The minimum atomic E-state index is -1.74. The molecule has 0 aliphatic heterocycles. The van der Waals surface area contributed by atoms with Crippen molar-refractivity contribution < 1.29 is 13.9 Å². The fourth-order valence-corrected chi connectivity index (χ4v) is 2.83. The van der Waals surface area contributed by atoms with Gasteiger partial charge in [-0.05, 0) is 30.3 Å². The Balaban J connectivity index is 2.44. The highest BCUT2D eigenvalue weighted by Gasteiger charge is 2.36. The number of rotatable bonds is 6. The molecule has 0 saturated carbocycles. The van der Waals surface area contributed by atoms with Crippen molar-refractivity contribution in [2.75, 3.05) is 13.2 Å². The molecule has 0 aromatic heterocycles. The Morgan fingerprint density at radius 2 is 1.95 bits per heavy atom. The number of halogens is 2. The topological polar surface area (TPSA) is 41.5 Å². The predicted molar refractivity (Wildman–Crippen MR) is 87.9 cm³/mol. The fraction of sp³-hybridized carbons (Fsp3) is 0.600. The summed E-state index contributed by atoms with van der Waals surface area (Å²) in [5.74, 6) is -0.525. The van der Waals surface area contributed by atoms with Gasteiger partial charge < -0.3 is 14.8 Å². The van der Waals surface area contributed by atoms with Gasteiger partial charge in [0.2, 0.25) is 0 Å². The molecule has 1 rings (SSSR count). The molecule has 0 unspecified atom stereocenters. The number of aromatic hydroxyl groups is 1. The predicted octanol–water partition coefficient (Wildman–Crippen LogP) is 4.30. The SMILES string of the molecule is CC(C)(C)[Si](C)(C)OCCNCc1c(O)ccc(F)c1Cl. The fourth-order valence-electron chi connectivity index (χ4n) is 1.56. The highest BCUT2D eigenvalue weighted by molar-refractivity contribution is 6.74. The van der Waals surface area contributed by atoms with Crippen molar-refractivity contribution >= 4 is 19.9 Å². The maximum Gasteiger partial charge on any atom is 0.192 e. The van der Waals surface area contributed by atoms with Crippen LogP contribution < -0.4 is 5.32 Å². The quantitative estimate of drug-likeness (QED) is 0.602. The first-order chi connectivity index (χ1) is 9.56. The Morgan fingerprint density at radius 3 is 2.52 bits per heavy atom. The Kier molecular flexibility index (Phi) is 6.22. The number of phenolic OH excluding ortho intramolecular Hbond substituents is 1. The molecule has 0 aliphatic rings. The van der Waals surface area contributed by atoms with Gasteiger partial charge in [0, 0.05) is 25.3 Å². The first kappa shape index (κ1) is 18.4. The van der Waals surface area contributed by atoms with Crippen molar-refractivity contribution in [3.63, 3.8) is 0 Å².